The number of hydrogen-bond donors (Lipinski definition) is 1. The Morgan fingerprint density at radius 1 is 1.13 bits per heavy atom. The summed E-state index contributed by atoms with van der Waals surface area (Å²) in [6.07, 6.45) is 6.94. The van der Waals surface area contributed by atoms with Crippen molar-refractivity contribution in [3.8, 4) is 6.07 Å². The predicted molar refractivity (Wildman–Crippen MR) is 150 cm³/mol. The van der Waals surface area contributed by atoms with Gasteiger partial charge in [0.2, 0.25) is 0 Å². The van der Waals surface area contributed by atoms with E-state index < -0.39 is 12.6 Å². The zero-order valence-electron chi connectivity index (χ0n) is 22.0. The molecule has 5 nitrogen and oxygen atoms in total. The molecule has 2 aromatic heterocycles. The number of allylic oxidation sites excluding steroid dienone is 1. The number of fused-ring (bicyclic) bond motifs is 2. The Balaban J connectivity index is 1.16. The lowest BCUT2D eigenvalue weighted by molar-refractivity contribution is -0.126. The van der Waals surface area contributed by atoms with Crippen molar-refractivity contribution >= 4 is 39.1 Å². The van der Waals surface area contributed by atoms with Crippen molar-refractivity contribution in [1.29, 1.82) is 5.26 Å². The summed E-state index contributed by atoms with van der Waals surface area (Å²) < 4.78 is 38.8. The van der Waals surface area contributed by atoms with Crippen LogP contribution in [0.2, 0.25) is 0 Å². The minimum atomic E-state index is -4.24. The van der Waals surface area contributed by atoms with Crippen LogP contribution in [0.15, 0.2) is 30.1 Å². The van der Waals surface area contributed by atoms with Crippen molar-refractivity contribution in [3.05, 3.63) is 51.7 Å². The van der Waals surface area contributed by atoms with Crippen LogP contribution in [0.3, 0.4) is 0 Å². The molecule has 0 aliphatic heterocycles. The molecule has 39 heavy (non-hydrogen) atoms. The number of halogens is 3. The third kappa shape index (κ3) is 5.76. The van der Waals surface area contributed by atoms with Crippen molar-refractivity contribution in [2.75, 3.05) is 16.8 Å². The van der Waals surface area contributed by atoms with Crippen LogP contribution in [0.25, 0.3) is 16.3 Å². The predicted octanol–water partition coefficient (Wildman–Crippen LogP) is 7.60. The van der Waals surface area contributed by atoms with E-state index in [4.69, 9.17) is 0 Å². The SMILES string of the molecule is Cc1c(N(CCC2CC2)C2CCC(Nc3ncnc4sc(CC(F)(F)F)cc34)CC2)ccc2c1C=C(C#N)C2. The van der Waals surface area contributed by atoms with Crippen molar-refractivity contribution in [1.82, 2.24) is 9.97 Å². The number of nitriles is 1. The van der Waals surface area contributed by atoms with E-state index in [0.29, 0.717) is 22.1 Å². The summed E-state index contributed by atoms with van der Waals surface area (Å²) in [6.45, 7) is 3.24. The quantitative estimate of drug-likeness (QED) is 0.312. The van der Waals surface area contributed by atoms with Gasteiger partial charge in [-0.25, -0.2) is 9.97 Å². The molecule has 0 radical (unpaired) electrons. The van der Waals surface area contributed by atoms with Gasteiger partial charge >= 0.3 is 6.18 Å². The van der Waals surface area contributed by atoms with Gasteiger partial charge in [-0.05, 0) is 79.8 Å². The minimum Gasteiger partial charge on any atom is -0.368 e. The van der Waals surface area contributed by atoms with Gasteiger partial charge in [0, 0.05) is 41.2 Å². The molecule has 3 aromatic rings. The fourth-order valence-electron chi connectivity index (χ4n) is 6.20. The van der Waals surface area contributed by atoms with Crippen molar-refractivity contribution in [2.24, 2.45) is 5.92 Å². The second kappa shape index (κ2) is 10.5. The van der Waals surface area contributed by atoms with Crippen LogP contribution in [0.5, 0.6) is 0 Å². The van der Waals surface area contributed by atoms with Gasteiger partial charge in [-0.15, -0.1) is 11.3 Å². The van der Waals surface area contributed by atoms with E-state index in [9.17, 15) is 18.4 Å². The molecule has 2 fully saturated rings. The molecule has 1 N–H and O–H groups in total. The number of alkyl halides is 3. The zero-order chi connectivity index (χ0) is 27.1. The Labute approximate surface area is 230 Å². The van der Waals surface area contributed by atoms with Gasteiger partial charge in [-0.2, -0.15) is 18.4 Å². The maximum absolute atomic E-state index is 12.9. The maximum Gasteiger partial charge on any atom is 0.393 e. The fraction of sp³-hybridized carbons (Fsp3) is 0.500. The van der Waals surface area contributed by atoms with Gasteiger partial charge in [0.05, 0.1) is 17.9 Å². The second-order valence-electron chi connectivity index (χ2n) is 11.3. The highest BCUT2D eigenvalue weighted by Crippen LogP contribution is 2.39. The van der Waals surface area contributed by atoms with Crippen LogP contribution >= 0.6 is 11.3 Å². The summed E-state index contributed by atoms with van der Waals surface area (Å²) in [5.41, 5.74) is 5.84. The molecule has 1 aromatic carbocycles. The molecular weight excluding hydrogens is 519 g/mol. The number of nitrogens with one attached hydrogen (secondary N) is 1. The largest absolute Gasteiger partial charge is 0.393 e. The summed E-state index contributed by atoms with van der Waals surface area (Å²) in [5.74, 6) is 1.48. The van der Waals surface area contributed by atoms with Crippen LogP contribution in [0.1, 0.15) is 66.5 Å². The van der Waals surface area contributed by atoms with E-state index >= 15 is 0 Å². The molecular formula is C30H32F3N5S. The molecule has 0 saturated heterocycles. The molecule has 9 heteroatoms. The molecule has 6 rings (SSSR count). The molecule has 0 atom stereocenters. The zero-order valence-corrected chi connectivity index (χ0v) is 22.8. The lowest BCUT2D eigenvalue weighted by Gasteiger charge is -2.40. The number of thiophene rings is 1. The average molecular weight is 552 g/mol. The van der Waals surface area contributed by atoms with Crippen LogP contribution < -0.4 is 10.2 Å². The molecule has 3 aliphatic rings. The number of nitrogens with zero attached hydrogens (tertiary/aromatic N) is 4. The minimum absolute atomic E-state index is 0.220. The molecule has 204 valence electrons. The number of benzene rings is 1. The molecule has 0 unspecified atom stereocenters. The van der Waals surface area contributed by atoms with Gasteiger partial charge in [-0.3, -0.25) is 0 Å². The maximum atomic E-state index is 12.9. The van der Waals surface area contributed by atoms with E-state index in [1.165, 1.54) is 48.0 Å². The molecule has 0 bridgehead atoms. The highest BCUT2D eigenvalue weighted by atomic mass is 32.1. The fourth-order valence-corrected chi connectivity index (χ4v) is 7.23. The topological polar surface area (TPSA) is 64.8 Å². The van der Waals surface area contributed by atoms with Gasteiger partial charge in [-0.1, -0.05) is 18.9 Å². The first kappa shape index (κ1) is 26.1. The number of hydrogen-bond acceptors (Lipinski definition) is 6. The summed E-state index contributed by atoms with van der Waals surface area (Å²) >= 11 is 1.09. The van der Waals surface area contributed by atoms with Gasteiger partial charge < -0.3 is 10.2 Å². The Bertz CT molecular complexity index is 1440. The Kier molecular flexibility index (Phi) is 7.00. The summed E-state index contributed by atoms with van der Waals surface area (Å²) in [6, 6.07) is 9.02. The molecule has 3 aliphatic carbocycles. The Morgan fingerprint density at radius 2 is 1.92 bits per heavy atom. The van der Waals surface area contributed by atoms with Gasteiger partial charge in [0.1, 0.15) is 17.0 Å². The number of anilines is 2. The first-order valence-corrected chi connectivity index (χ1v) is 14.7. The summed E-state index contributed by atoms with van der Waals surface area (Å²) in [4.78, 5) is 12.1. The van der Waals surface area contributed by atoms with Crippen LogP contribution in [0, 0.1) is 24.2 Å². The third-order valence-corrected chi connectivity index (χ3v) is 9.48. The highest BCUT2D eigenvalue weighted by molar-refractivity contribution is 7.18. The van der Waals surface area contributed by atoms with Crippen LogP contribution in [-0.2, 0) is 12.8 Å². The lowest BCUT2D eigenvalue weighted by atomic mass is 9.88. The van der Waals surface area contributed by atoms with E-state index in [-0.39, 0.29) is 10.9 Å². The average Bonchev–Trinajstić information content (AvgIpc) is 3.48. The van der Waals surface area contributed by atoms with E-state index in [1.54, 1.807) is 6.07 Å². The summed E-state index contributed by atoms with van der Waals surface area (Å²) in [5, 5.41) is 13.6. The molecule has 0 amide bonds. The standard InChI is InChI=1S/C30H32F3N5S/c1-18-25-13-20(16-34)12-21(25)4-9-27(18)38(11-10-19-2-3-19)23-7-5-22(6-8-23)37-28-26-14-24(15-30(31,32)33)39-29(26)36-17-35-28/h4,9,13-14,17,19,22-23H,2-3,5-8,10-12,15H2,1H3,(H,35,36,37). The van der Waals surface area contributed by atoms with E-state index in [2.05, 4.69) is 51.4 Å². The monoisotopic (exact) mass is 551 g/mol. The molecule has 0 spiro atoms. The molecule has 2 heterocycles. The normalized spacial score (nSPS) is 20.9. The van der Waals surface area contributed by atoms with E-state index in [1.807, 2.05) is 0 Å². The Hall–Kier alpha value is -3.12. The first-order valence-electron chi connectivity index (χ1n) is 13.8. The first-order chi connectivity index (χ1) is 18.8. The lowest BCUT2D eigenvalue weighted by Crippen LogP contribution is -2.42. The number of aromatic nitrogens is 2. The van der Waals surface area contributed by atoms with Crippen LogP contribution in [0.4, 0.5) is 24.7 Å². The van der Waals surface area contributed by atoms with Crippen molar-refractivity contribution in [3.63, 3.8) is 0 Å². The third-order valence-electron chi connectivity index (χ3n) is 8.44. The Morgan fingerprint density at radius 3 is 2.64 bits per heavy atom. The van der Waals surface area contributed by atoms with Gasteiger partial charge in [0.25, 0.3) is 0 Å². The van der Waals surface area contributed by atoms with Gasteiger partial charge in [0.15, 0.2) is 0 Å². The number of rotatable bonds is 8. The van der Waals surface area contributed by atoms with E-state index in [0.717, 1.165) is 61.5 Å². The van der Waals surface area contributed by atoms with Crippen molar-refractivity contribution < 1.29 is 13.2 Å². The van der Waals surface area contributed by atoms with Crippen LogP contribution in [-0.4, -0.2) is 34.8 Å². The van der Waals surface area contributed by atoms with Crippen molar-refractivity contribution in [2.45, 2.75) is 83.0 Å². The second-order valence-corrected chi connectivity index (χ2v) is 12.4. The smallest absolute Gasteiger partial charge is 0.368 e. The highest BCUT2D eigenvalue weighted by Gasteiger charge is 2.32. The molecule has 2 saturated carbocycles. The summed E-state index contributed by atoms with van der Waals surface area (Å²) in [7, 11) is 0.